The van der Waals surface area contributed by atoms with Crippen LogP contribution >= 0.6 is 22.6 Å². The number of phenols is 1. The number of benzene rings is 1. The van der Waals surface area contributed by atoms with Gasteiger partial charge in [0.15, 0.2) is 0 Å². The van der Waals surface area contributed by atoms with E-state index >= 15 is 0 Å². The van der Waals surface area contributed by atoms with Crippen LogP contribution in [0.5, 0.6) is 5.75 Å². The molecule has 2 N–H and O–H groups in total. The Bertz CT molecular complexity index is 477. The van der Waals surface area contributed by atoms with E-state index in [0.29, 0.717) is 13.1 Å². The number of likely N-dealkylation sites (N-methyl/N-ethyl adjacent to an activating group) is 2. The van der Waals surface area contributed by atoms with Crippen LogP contribution in [0.1, 0.15) is 24.2 Å². The number of phenolic OH excluding ortho intramolecular Hbond substituents is 1. The van der Waals surface area contributed by atoms with Gasteiger partial charge in [-0.05, 0) is 54.6 Å². The predicted molar refractivity (Wildman–Crippen MR) is 81.1 cm³/mol. The molecular weight excluding hydrogens is 359 g/mol. The molecule has 0 fully saturated rings. The highest BCUT2D eigenvalue weighted by Crippen LogP contribution is 2.21. The Morgan fingerprint density at radius 2 is 2.05 bits per heavy atom. The molecule has 5 nitrogen and oxygen atoms in total. The number of rotatable bonds is 5. The van der Waals surface area contributed by atoms with Gasteiger partial charge in [-0.1, -0.05) is 0 Å². The molecular formula is C13H17IN2O3. The van der Waals surface area contributed by atoms with Crippen molar-refractivity contribution in [3.05, 3.63) is 27.3 Å². The van der Waals surface area contributed by atoms with Crippen molar-refractivity contribution in [1.82, 2.24) is 10.2 Å². The van der Waals surface area contributed by atoms with Crippen LogP contribution in [0.15, 0.2) is 18.2 Å². The van der Waals surface area contributed by atoms with Crippen molar-refractivity contribution in [2.75, 3.05) is 19.6 Å². The number of nitrogens with one attached hydrogen (secondary N) is 1. The first-order valence-corrected chi connectivity index (χ1v) is 7.12. The van der Waals surface area contributed by atoms with E-state index in [0.717, 1.165) is 3.57 Å². The van der Waals surface area contributed by atoms with Gasteiger partial charge in [0.25, 0.3) is 5.91 Å². The van der Waals surface area contributed by atoms with Crippen LogP contribution < -0.4 is 5.32 Å². The summed E-state index contributed by atoms with van der Waals surface area (Å²) in [5.41, 5.74) is 0.220. The van der Waals surface area contributed by atoms with Crippen LogP contribution in [0.4, 0.5) is 0 Å². The summed E-state index contributed by atoms with van der Waals surface area (Å²) in [4.78, 5) is 25.2. The second-order valence-electron chi connectivity index (χ2n) is 3.93. The highest BCUT2D eigenvalue weighted by Gasteiger charge is 2.20. The monoisotopic (exact) mass is 376 g/mol. The van der Waals surface area contributed by atoms with Gasteiger partial charge < -0.3 is 15.3 Å². The van der Waals surface area contributed by atoms with Crippen LogP contribution in [0, 0.1) is 3.57 Å². The van der Waals surface area contributed by atoms with Gasteiger partial charge in [-0.15, -0.1) is 0 Å². The van der Waals surface area contributed by atoms with Crippen LogP contribution in [0.2, 0.25) is 0 Å². The van der Waals surface area contributed by atoms with Gasteiger partial charge >= 0.3 is 0 Å². The lowest BCUT2D eigenvalue weighted by Crippen LogP contribution is -2.40. The zero-order valence-corrected chi connectivity index (χ0v) is 13.1. The van der Waals surface area contributed by atoms with Crippen molar-refractivity contribution in [3.63, 3.8) is 0 Å². The van der Waals surface area contributed by atoms with Gasteiger partial charge in [-0.3, -0.25) is 9.59 Å². The molecule has 0 unspecified atom stereocenters. The third kappa shape index (κ3) is 4.38. The van der Waals surface area contributed by atoms with E-state index in [-0.39, 0.29) is 29.7 Å². The van der Waals surface area contributed by atoms with Crippen LogP contribution in [-0.4, -0.2) is 41.5 Å². The topological polar surface area (TPSA) is 69.6 Å². The number of hydrogen-bond acceptors (Lipinski definition) is 3. The van der Waals surface area contributed by atoms with Crippen molar-refractivity contribution in [1.29, 1.82) is 0 Å². The van der Waals surface area contributed by atoms with Crippen molar-refractivity contribution in [2.24, 2.45) is 0 Å². The molecule has 19 heavy (non-hydrogen) atoms. The first-order valence-electron chi connectivity index (χ1n) is 6.04. The smallest absolute Gasteiger partial charge is 0.258 e. The van der Waals surface area contributed by atoms with E-state index in [1.165, 1.54) is 11.0 Å². The molecule has 0 spiro atoms. The summed E-state index contributed by atoms with van der Waals surface area (Å²) in [5, 5.41) is 12.4. The molecule has 0 aliphatic rings. The molecule has 0 saturated heterocycles. The SMILES string of the molecule is CCNC(=O)CN(CC)C(=O)c1cc(I)ccc1O. The second-order valence-corrected chi connectivity index (χ2v) is 5.18. The molecule has 0 atom stereocenters. The Balaban J connectivity index is 2.89. The van der Waals surface area contributed by atoms with E-state index in [1.807, 2.05) is 6.92 Å². The lowest BCUT2D eigenvalue weighted by molar-refractivity contribution is -0.121. The maximum atomic E-state index is 12.3. The first-order chi connectivity index (χ1) is 8.99. The number of carbonyl (C=O) groups is 2. The van der Waals surface area contributed by atoms with Crippen molar-refractivity contribution < 1.29 is 14.7 Å². The summed E-state index contributed by atoms with van der Waals surface area (Å²) >= 11 is 2.07. The second kappa shape index (κ2) is 7.32. The van der Waals surface area contributed by atoms with Crippen LogP contribution in [0.25, 0.3) is 0 Å². The Morgan fingerprint density at radius 1 is 1.37 bits per heavy atom. The molecule has 0 heterocycles. The van der Waals surface area contributed by atoms with Gasteiger partial charge in [-0.2, -0.15) is 0 Å². The number of nitrogens with zero attached hydrogens (tertiary/aromatic N) is 1. The number of aromatic hydroxyl groups is 1. The molecule has 0 radical (unpaired) electrons. The number of hydrogen-bond donors (Lipinski definition) is 2. The zero-order chi connectivity index (χ0) is 14.4. The third-order valence-electron chi connectivity index (χ3n) is 2.57. The molecule has 0 aromatic heterocycles. The highest BCUT2D eigenvalue weighted by molar-refractivity contribution is 14.1. The minimum Gasteiger partial charge on any atom is -0.507 e. The fourth-order valence-corrected chi connectivity index (χ4v) is 2.09. The molecule has 1 aromatic rings. The average molecular weight is 376 g/mol. The molecule has 2 amide bonds. The quantitative estimate of drug-likeness (QED) is 0.767. The molecule has 1 aromatic carbocycles. The lowest BCUT2D eigenvalue weighted by Gasteiger charge is -2.20. The summed E-state index contributed by atoms with van der Waals surface area (Å²) in [6.07, 6.45) is 0. The number of halogens is 1. The predicted octanol–water partition coefficient (Wildman–Crippen LogP) is 1.59. The van der Waals surface area contributed by atoms with E-state index in [9.17, 15) is 14.7 Å². The van der Waals surface area contributed by atoms with Crippen molar-refractivity contribution in [3.8, 4) is 5.75 Å². The Labute approximate surface area is 126 Å². The highest BCUT2D eigenvalue weighted by atomic mass is 127. The van der Waals surface area contributed by atoms with Crippen molar-refractivity contribution >= 4 is 34.4 Å². The summed E-state index contributed by atoms with van der Waals surface area (Å²) in [7, 11) is 0. The van der Waals surface area contributed by atoms with Gasteiger partial charge in [0.1, 0.15) is 5.75 Å². The van der Waals surface area contributed by atoms with Gasteiger partial charge in [-0.25, -0.2) is 0 Å². The molecule has 0 saturated carbocycles. The van der Waals surface area contributed by atoms with Gasteiger partial charge in [0.2, 0.25) is 5.91 Å². The zero-order valence-electron chi connectivity index (χ0n) is 10.9. The summed E-state index contributed by atoms with van der Waals surface area (Å²) in [5.74, 6) is -0.618. The molecule has 0 aliphatic heterocycles. The fourth-order valence-electron chi connectivity index (χ4n) is 1.60. The van der Waals surface area contributed by atoms with Crippen molar-refractivity contribution in [2.45, 2.75) is 13.8 Å². The Morgan fingerprint density at radius 3 is 2.63 bits per heavy atom. The summed E-state index contributed by atoms with van der Waals surface area (Å²) in [6, 6.07) is 4.81. The molecule has 1 rings (SSSR count). The Hall–Kier alpha value is -1.31. The fraction of sp³-hybridized carbons (Fsp3) is 0.385. The lowest BCUT2D eigenvalue weighted by atomic mass is 10.1. The first kappa shape index (κ1) is 15.7. The van der Waals surface area contributed by atoms with Gasteiger partial charge in [0, 0.05) is 16.7 Å². The maximum absolute atomic E-state index is 12.3. The minimum atomic E-state index is -0.343. The average Bonchev–Trinajstić information content (AvgIpc) is 2.38. The Kier molecular flexibility index (Phi) is 6.07. The minimum absolute atomic E-state index is 0.00587. The maximum Gasteiger partial charge on any atom is 0.258 e. The standard InChI is InChI=1S/C13H17IN2O3/c1-3-15-12(18)8-16(4-2)13(19)10-7-9(14)5-6-11(10)17/h5-7,17H,3-4,8H2,1-2H3,(H,15,18). The van der Waals surface area contributed by atoms with Gasteiger partial charge in [0.05, 0.1) is 12.1 Å². The molecule has 0 bridgehead atoms. The van der Waals surface area contributed by atoms with E-state index < -0.39 is 0 Å². The normalized spacial score (nSPS) is 10.1. The summed E-state index contributed by atoms with van der Waals surface area (Å²) < 4.78 is 0.854. The molecule has 0 aliphatic carbocycles. The van der Waals surface area contributed by atoms with Crippen LogP contribution in [-0.2, 0) is 4.79 Å². The number of amides is 2. The largest absolute Gasteiger partial charge is 0.507 e. The summed E-state index contributed by atoms with van der Waals surface area (Å²) in [6.45, 7) is 4.54. The third-order valence-corrected chi connectivity index (χ3v) is 3.24. The molecule has 104 valence electrons. The molecule has 6 heteroatoms. The van der Waals surface area contributed by atoms with E-state index in [1.54, 1.807) is 19.1 Å². The van der Waals surface area contributed by atoms with Crippen LogP contribution in [0.3, 0.4) is 0 Å². The van der Waals surface area contributed by atoms with E-state index in [2.05, 4.69) is 27.9 Å². The van der Waals surface area contributed by atoms with E-state index in [4.69, 9.17) is 0 Å². The number of carbonyl (C=O) groups excluding carboxylic acids is 2.